The SMILES string of the molecule is CC(=O)Nc1ccc(NC(=O)COC(=O)c2ccc3c(c2)OCCO3)cc1. The van der Waals surface area contributed by atoms with E-state index in [-0.39, 0.29) is 11.5 Å². The van der Waals surface area contributed by atoms with Crippen LogP contribution < -0.4 is 20.1 Å². The van der Waals surface area contributed by atoms with Crippen molar-refractivity contribution in [1.82, 2.24) is 0 Å². The number of fused-ring (bicyclic) bond motifs is 1. The number of carbonyl (C=O) groups excluding carboxylic acids is 3. The first-order valence-electron chi connectivity index (χ1n) is 8.25. The summed E-state index contributed by atoms with van der Waals surface area (Å²) in [6, 6.07) is 11.3. The highest BCUT2D eigenvalue weighted by atomic mass is 16.6. The van der Waals surface area contributed by atoms with Gasteiger partial charge in [-0.15, -0.1) is 0 Å². The molecule has 1 heterocycles. The van der Waals surface area contributed by atoms with Crippen LogP contribution in [0.4, 0.5) is 11.4 Å². The van der Waals surface area contributed by atoms with Crippen LogP contribution in [0, 0.1) is 0 Å². The molecule has 0 aromatic heterocycles. The Morgan fingerprint density at radius 3 is 2.22 bits per heavy atom. The van der Waals surface area contributed by atoms with E-state index in [2.05, 4.69) is 10.6 Å². The van der Waals surface area contributed by atoms with E-state index in [0.29, 0.717) is 36.1 Å². The molecule has 140 valence electrons. The van der Waals surface area contributed by atoms with Gasteiger partial charge in [0.2, 0.25) is 5.91 Å². The van der Waals surface area contributed by atoms with Crippen molar-refractivity contribution in [3.8, 4) is 11.5 Å². The maximum atomic E-state index is 12.1. The van der Waals surface area contributed by atoms with Crippen LogP contribution in [-0.4, -0.2) is 37.6 Å². The Bertz CT molecular complexity index is 863. The third kappa shape index (κ3) is 4.97. The average Bonchev–Trinajstić information content (AvgIpc) is 2.67. The molecule has 0 fully saturated rings. The molecule has 1 aliphatic rings. The fourth-order valence-electron chi connectivity index (χ4n) is 2.42. The van der Waals surface area contributed by atoms with E-state index in [1.807, 2.05) is 0 Å². The van der Waals surface area contributed by atoms with Crippen molar-refractivity contribution in [3.63, 3.8) is 0 Å². The number of amides is 2. The predicted octanol–water partition coefficient (Wildman–Crippen LogP) is 2.21. The van der Waals surface area contributed by atoms with Gasteiger partial charge in [0.15, 0.2) is 18.1 Å². The molecular formula is C19H18N2O6. The second-order valence-corrected chi connectivity index (χ2v) is 5.74. The Morgan fingerprint density at radius 1 is 0.926 bits per heavy atom. The van der Waals surface area contributed by atoms with E-state index in [1.54, 1.807) is 36.4 Å². The monoisotopic (exact) mass is 370 g/mol. The second kappa shape index (κ2) is 8.22. The van der Waals surface area contributed by atoms with Crippen LogP contribution in [0.3, 0.4) is 0 Å². The molecule has 8 heteroatoms. The number of hydrogen-bond acceptors (Lipinski definition) is 6. The summed E-state index contributed by atoms with van der Waals surface area (Å²) in [6.45, 7) is 1.85. The lowest BCUT2D eigenvalue weighted by Gasteiger charge is -2.18. The fraction of sp³-hybridized carbons (Fsp3) is 0.211. The van der Waals surface area contributed by atoms with Crippen LogP contribution in [0.5, 0.6) is 11.5 Å². The number of carbonyl (C=O) groups is 3. The van der Waals surface area contributed by atoms with Crippen molar-refractivity contribution < 1.29 is 28.6 Å². The predicted molar refractivity (Wildman–Crippen MR) is 97.1 cm³/mol. The Labute approximate surface area is 155 Å². The summed E-state index contributed by atoms with van der Waals surface area (Å²) < 4.78 is 15.8. The lowest BCUT2D eigenvalue weighted by Crippen LogP contribution is -2.21. The van der Waals surface area contributed by atoms with Crippen LogP contribution >= 0.6 is 0 Å². The van der Waals surface area contributed by atoms with Crippen molar-refractivity contribution in [3.05, 3.63) is 48.0 Å². The lowest BCUT2D eigenvalue weighted by atomic mass is 10.2. The van der Waals surface area contributed by atoms with Gasteiger partial charge < -0.3 is 24.8 Å². The number of rotatable bonds is 5. The van der Waals surface area contributed by atoms with Crippen molar-refractivity contribution >= 4 is 29.2 Å². The number of anilines is 2. The highest BCUT2D eigenvalue weighted by Crippen LogP contribution is 2.30. The minimum Gasteiger partial charge on any atom is -0.486 e. The first-order chi connectivity index (χ1) is 13.0. The maximum Gasteiger partial charge on any atom is 0.338 e. The molecule has 1 aliphatic heterocycles. The Morgan fingerprint density at radius 2 is 1.56 bits per heavy atom. The van der Waals surface area contributed by atoms with Gasteiger partial charge in [-0.1, -0.05) is 0 Å². The van der Waals surface area contributed by atoms with Crippen LogP contribution in [0.25, 0.3) is 0 Å². The van der Waals surface area contributed by atoms with Gasteiger partial charge in [0.05, 0.1) is 5.56 Å². The molecule has 0 saturated heterocycles. The van der Waals surface area contributed by atoms with Gasteiger partial charge in [0.1, 0.15) is 13.2 Å². The summed E-state index contributed by atoms with van der Waals surface area (Å²) in [5, 5.41) is 5.23. The van der Waals surface area contributed by atoms with Crippen molar-refractivity contribution in [2.75, 3.05) is 30.5 Å². The summed E-state index contributed by atoms with van der Waals surface area (Å²) in [4.78, 5) is 35.0. The molecule has 0 saturated carbocycles. The van der Waals surface area contributed by atoms with Crippen molar-refractivity contribution in [2.24, 2.45) is 0 Å². The van der Waals surface area contributed by atoms with Crippen molar-refractivity contribution in [1.29, 1.82) is 0 Å². The Hall–Kier alpha value is -3.55. The molecular weight excluding hydrogens is 352 g/mol. The highest BCUT2D eigenvalue weighted by molar-refractivity contribution is 5.96. The molecule has 27 heavy (non-hydrogen) atoms. The van der Waals surface area contributed by atoms with E-state index in [9.17, 15) is 14.4 Å². The molecule has 3 rings (SSSR count). The summed E-state index contributed by atoms with van der Waals surface area (Å²) in [5.41, 5.74) is 1.40. The number of hydrogen-bond donors (Lipinski definition) is 2. The first-order valence-corrected chi connectivity index (χ1v) is 8.25. The maximum absolute atomic E-state index is 12.1. The molecule has 2 aromatic carbocycles. The first kappa shape index (κ1) is 18.2. The average molecular weight is 370 g/mol. The van der Waals surface area contributed by atoms with E-state index in [1.165, 1.54) is 13.0 Å². The molecule has 0 radical (unpaired) electrons. The lowest BCUT2D eigenvalue weighted by molar-refractivity contribution is -0.119. The number of benzene rings is 2. The molecule has 8 nitrogen and oxygen atoms in total. The molecule has 2 amide bonds. The molecule has 0 aliphatic carbocycles. The third-order valence-electron chi connectivity index (χ3n) is 3.60. The van der Waals surface area contributed by atoms with Gasteiger partial charge >= 0.3 is 5.97 Å². The van der Waals surface area contributed by atoms with Gasteiger partial charge in [-0.3, -0.25) is 9.59 Å². The van der Waals surface area contributed by atoms with E-state index in [4.69, 9.17) is 14.2 Å². The normalized spacial score (nSPS) is 12.0. The van der Waals surface area contributed by atoms with Crippen molar-refractivity contribution in [2.45, 2.75) is 6.92 Å². The zero-order chi connectivity index (χ0) is 19.2. The smallest absolute Gasteiger partial charge is 0.338 e. The summed E-state index contributed by atoms with van der Waals surface area (Å²) in [6.07, 6.45) is 0. The minimum atomic E-state index is -0.636. The van der Waals surface area contributed by atoms with Gasteiger partial charge in [-0.05, 0) is 42.5 Å². The fourth-order valence-corrected chi connectivity index (χ4v) is 2.42. The molecule has 2 N–H and O–H groups in total. The molecule has 0 spiro atoms. The molecule has 0 unspecified atom stereocenters. The molecule has 0 bridgehead atoms. The Balaban J connectivity index is 1.51. The quantitative estimate of drug-likeness (QED) is 0.783. The molecule has 0 atom stereocenters. The van der Waals surface area contributed by atoms with Gasteiger partial charge in [-0.2, -0.15) is 0 Å². The van der Waals surface area contributed by atoms with Gasteiger partial charge in [0.25, 0.3) is 5.91 Å². The zero-order valence-corrected chi connectivity index (χ0v) is 14.6. The minimum absolute atomic E-state index is 0.183. The number of nitrogens with one attached hydrogen (secondary N) is 2. The van der Waals surface area contributed by atoms with Crippen LogP contribution in [0.2, 0.25) is 0 Å². The standard InChI is InChI=1S/C19H18N2O6/c1-12(22)20-14-3-5-15(6-4-14)21-18(23)11-27-19(24)13-2-7-16-17(10-13)26-9-8-25-16/h2-7,10H,8-9,11H2,1H3,(H,20,22)(H,21,23). The topological polar surface area (TPSA) is 103 Å². The zero-order valence-electron chi connectivity index (χ0n) is 14.6. The van der Waals surface area contributed by atoms with Gasteiger partial charge in [0, 0.05) is 18.3 Å². The van der Waals surface area contributed by atoms with E-state index >= 15 is 0 Å². The van der Waals surface area contributed by atoms with E-state index < -0.39 is 18.5 Å². The summed E-state index contributed by atoms with van der Waals surface area (Å²) >= 11 is 0. The van der Waals surface area contributed by atoms with E-state index in [0.717, 1.165) is 0 Å². The molecule has 2 aromatic rings. The third-order valence-corrected chi connectivity index (χ3v) is 3.60. The summed E-state index contributed by atoms with van der Waals surface area (Å²) in [5.74, 6) is -0.258. The largest absolute Gasteiger partial charge is 0.486 e. The Kier molecular flexibility index (Phi) is 5.55. The second-order valence-electron chi connectivity index (χ2n) is 5.74. The highest BCUT2D eigenvalue weighted by Gasteiger charge is 2.16. The van der Waals surface area contributed by atoms with Gasteiger partial charge in [-0.25, -0.2) is 4.79 Å². The van der Waals surface area contributed by atoms with Crippen LogP contribution in [-0.2, 0) is 14.3 Å². The number of ether oxygens (including phenoxy) is 3. The summed E-state index contributed by atoms with van der Waals surface area (Å²) in [7, 11) is 0. The number of esters is 1. The van der Waals surface area contributed by atoms with Crippen LogP contribution in [0.15, 0.2) is 42.5 Å². The van der Waals surface area contributed by atoms with Crippen LogP contribution in [0.1, 0.15) is 17.3 Å².